The van der Waals surface area contributed by atoms with Gasteiger partial charge in [-0.05, 0) is 49.7 Å². The summed E-state index contributed by atoms with van der Waals surface area (Å²) in [7, 11) is 0. The maximum atomic E-state index is 13.4. The summed E-state index contributed by atoms with van der Waals surface area (Å²) in [6, 6.07) is 6.13. The third-order valence-electron chi connectivity index (χ3n) is 3.03. The number of benzene rings is 1. The van der Waals surface area contributed by atoms with Crippen LogP contribution in [0.2, 0.25) is 0 Å². The van der Waals surface area contributed by atoms with E-state index in [4.69, 9.17) is 0 Å². The molecule has 1 atom stereocenters. The molecule has 1 heterocycles. The SMILES string of the molecule is CCNC(c1ccc(F)c(F)c1)c1sc(C)cc1C. The highest BCUT2D eigenvalue weighted by Crippen LogP contribution is 2.32. The van der Waals surface area contributed by atoms with E-state index in [2.05, 4.69) is 18.3 Å². The fourth-order valence-electron chi connectivity index (χ4n) is 2.20. The lowest BCUT2D eigenvalue weighted by molar-refractivity contribution is 0.504. The summed E-state index contributed by atoms with van der Waals surface area (Å²) < 4.78 is 26.4. The van der Waals surface area contributed by atoms with Gasteiger partial charge in [-0.15, -0.1) is 11.3 Å². The van der Waals surface area contributed by atoms with E-state index in [1.165, 1.54) is 22.6 Å². The summed E-state index contributed by atoms with van der Waals surface area (Å²) in [6.45, 7) is 6.86. The number of thiophene rings is 1. The smallest absolute Gasteiger partial charge is 0.159 e. The Morgan fingerprint density at radius 1 is 1.16 bits per heavy atom. The summed E-state index contributed by atoms with van der Waals surface area (Å²) in [5.41, 5.74) is 1.93. The third kappa shape index (κ3) is 3.01. The molecule has 0 aliphatic carbocycles. The predicted molar refractivity (Wildman–Crippen MR) is 75.7 cm³/mol. The highest BCUT2D eigenvalue weighted by atomic mass is 32.1. The molecule has 102 valence electrons. The largest absolute Gasteiger partial charge is 0.306 e. The second kappa shape index (κ2) is 5.80. The van der Waals surface area contributed by atoms with Gasteiger partial charge < -0.3 is 5.32 Å². The van der Waals surface area contributed by atoms with Gasteiger partial charge in [0.15, 0.2) is 11.6 Å². The highest BCUT2D eigenvalue weighted by molar-refractivity contribution is 7.12. The van der Waals surface area contributed by atoms with Crippen molar-refractivity contribution in [1.82, 2.24) is 5.32 Å². The molecular formula is C15H17F2NS. The van der Waals surface area contributed by atoms with Gasteiger partial charge in [0, 0.05) is 9.75 Å². The molecule has 0 radical (unpaired) electrons. The summed E-state index contributed by atoms with van der Waals surface area (Å²) in [5.74, 6) is -1.61. The van der Waals surface area contributed by atoms with E-state index < -0.39 is 11.6 Å². The van der Waals surface area contributed by atoms with Crippen LogP contribution in [-0.2, 0) is 0 Å². The minimum absolute atomic E-state index is 0.0844. The Hall–Kier alpha value is -1.26. The van der Waals surface area contributed by atoms with Crippen LogP contribution < -0.4 is 5.32 Å². The van der Waals surface area contributed by atoms with Gasteiger partial charge in [-0.3, -0.25) is 0 Å². The summed E-state index contributed by atoms with van der Waals surface area (Å²) >= 11 is 1.69. The van der Waals surface area contributed by atoms with Crippen LogP contribution in [-0.4, -0.2) is 6.54 Å². The van der Waals surface area contributed by atoms with Crippen molar-refractivity contribution < 1.29 is 8.78 Å². The molecule has 1 N–H and O–H groups in total. The first kappa shape index (κ1) is 14.2. The molecule has 2 aromatic rings. The van der Waals surface area contributed by atoms with Gasteiger partial charge in [-0.25, -0.2) is 8.78 Å². The summed E-state index contributed by atoms with van der Waals surface area (Å²) in [6.07, 6.45) is 0. The highest BCUT2D eigenvalue weighted by Gasteiger charge is 2.18. The molecule has 0 spiro atoms. The lowest BCUT2D eigenvalue weighted by Crippen LogP contribution is -2.22. The van der Waals surface area contributed by atoms with Crippen LogP contribution in [0.25, 0.3) is 0 Å². The van der Waals surface area contributed by atoms with E-state index >= 15 is 0 Å². The monoisotopic (exact) mass is 281 g/mol. The number of hydrogen-bond donors (Lipinski definition) is 1. The van der Waals surface area contributed by atoms with Crippen molar-refractivity contribution in [2.75, 3.05) is 6.54 Å². The van der Waals surface area contributed by atoms with Gasteiger partial charge in [-0.1, -0.05) is 13.0 Å². The zero-order chi connectivity index (χ0) is 14.0. The van der Waals surface area contributed by atoms with Crippen LogP contribution in [0.5, 0.6) is 0 Å². The normalized spacial score (nSPS) is 12.7. The first-order valence-corrected chi connectivity index (χ1v) is 7.09. The Labute approximate surface area is 116 Å². The molecule has 0 fully saturated rings. The molecule has 19 heavy (non-hydrogen) atoms. The van der Waals surface area contributed by atoms with Crippen molar-refractivity contribution in [2.24, 2.45) is 0 Å². The van der Waals surface area contributed by atoms with Crippen molar-refractivity contribution in [3.8, 4) is 0 Å². The minimum atomic E-state index is -0.807. The van der Waals surface area contributed by atoms with Gasteiger partial charge in [0.1, 0.15) is 0 Å². The number of halogens is 2. The average Bonchev–Trinajstić information content (AvgIpc) is 2.69. The minimum Gasteiger partial charge on any atom is -0.306 e. The summed E-state index contributed by atoms with van der Waals surface area (Å²) in [5, 5.41) is 3.34. The molecule has 1 aromatic heterocycles. The topological polar surface area (TPSA) is 12.0 Å². The molecule has 1 unspecified atom stereocenters. The molecule has 0 aliphatic heterocycles. The Balaban J connectivity index is 2.44. The molecule has 1 aromatic carbocycles. The van der Waals surface area contributed by atoms with Crippen LogP contribution in [0, 0.1) is 25.5 Å². The molecule has 0 saturated heterocycles. The van der Waals surface area contributed by atoms with Crippen LogP contribution >= 0.6 is 11.3 Å². The first-order valence-electron chi connectivity index (χ1n) is 6.28. The average molecular weight is 281 g/mol. The first-order chi connectivity index (χ1) is 9.02. The van der Waals surface area contributed by atoms with E-state index in [0.717, 1.165) is 17.0 Å². The summed E-state index contributed by atoms with van der Waals surface area (Å²) in [4.78, 5) is 2.38. The standard InChI is InChI=1S/C15H17F2NS/c1-4-18-14(15-9(2)7-10(3)19-15)11-5-6-12(16)13(17)8-11/h5-8,14,18H,4H2,1-3H3. The lowest BCUT2D eigenvalue weighted by atomic mass is 10.0. The number of nitrogens with one attached hydrogen (secondary N) is 1. The van der Waals surface area contributed by atoms with Crippen molar-refractivity contribution >= 4 is 11.3 Å². The zero-order valence-electron chi connectivity index (χ0n) is 11.3. The van der Waals surface area contributed by atoms with Crippen LogP contribution in [0.1, 0.15) is 33.8 Å². The molecule has 0 saturated carbocycles. The fourth-order valence-corrected chi connectivity index (χ4v) is 3.34. The van der Waals surface area contributed by atoms with E-state index in [-0.39, 0.29) is 6.04 Å². The zero-order valence-corrected chi connectivity index (χ0v) is 12.1. The maximum absolute atomic E-state index is 13.4. The Kier molecular flexibility index (Phi) is 4.32. The van der Waals surface area contributed by atoms with E-state index in [0.29, 0.717) is 0 Å². The second-order valence-electron chi connectivity index (χ2n) is 4.57. The van der Waals surface area contributed by atoms with Gasteiger partial charge in [0.2, 0.25) is 0 Å². The van der Waals surface area contributed by atoms with Gasteiger partial charge >= 0.3 is 0 Å². The van der Waals surface area contributed by atoms with Gasteiger partial charge in [0.05, 0.1) is 6.04 Å². The van der Waals surface area contributed by atoms with Crippen LogP contribution in [0.4, 0.5) is 8.78 Å². The fraction of sp³-hybridized carbons (Fsp3) is 0.333. The molecule has 2 rings (SSSR count). The van der Waals surface area contributed by atoms with E-state index in [9.17, 15) is 8.78 Å². The van der Waals surface area contributed by atoms with Gasteiger partial charge in [-0.2, -0.15) is 0 Å². The molecule has 0 bridgehead atoms. The van der Waals surface area contributed by atoms with Crippen molar-refractivity contribution in [3.63, 3.8) is 0 Å². The Bertz CT molecular complexity index is 578. The number of aryl methyl sites for hydroxylation is 2. The van der Waals surface area contributed by atoms with E-state index in [1.807, 2.05) is 13.8 Å². The van der Waals surface area contributed by atoms with Crippen LogP contribution in [0.15, 0.2) is 24.3 Å². The molecule has 0 aliphatic rings. The van der Waals surface area contributed by atoms with Crippen molar-refractivity contribution in [1.29, 1.82) is 0 Å². The molecule has 1 nitrogen and oxygen atoms in total. The molecule has 4 heteroatoms. The maximum Gasteiger partial charge on any atom is 0.159 e. The Morgan fingerprint density at radius 3 is 2.42 bits per heavy atom. The second-order valence-corrected chi connectivity index (χ2v) is 5.86. The van der Waals surface area contributed by atoms with Gasteiger partial charge in [0.25, 0.3) is 0 Å². The number of hydrogen-bond acceptors (Lipinski definition) is 2. The number of rotatable bonds is 4. The molecule has 0 amide bonds. The predicted octanol–water partition coefficient (Wildman–Crippen LogP) is 4.34. The Morgan fingerprint density at radius 2 is 1.89 bits per heavy atom. The van der Waals surface area contributed by atoms with E-state index in [1.54, 1.807) is 17.4 Å². The van der Waals surface area contributed by atoms with Crippen molar-refractivity contribution in [2.45, 2.75) is 26.8 Å². The lowest BCUT2D eigenvalue weighted by Gasteiger charge is -2.18. The van der Waals surface area contributed by atoms with Crippen molar-refractivity contribution in [3.05, 3.63) is 56.8 Å². The molecular weight excluding hydrogens is 264 g/mol. The third-order valence-corrected chi connectivity index (χ3v) is 4.24. The quantitative estimate of drug-likeness (QED) is 0.879. The van der Waals surface area contributed by atoms with Crippen LogP contribution in [0.3, 0.4) is 0 Å².